The lowest BCUT2D eigenvalue weighted by Crippen LogP contribution is -2.23. The lowest BCUT2D eigenvalue weighted by atomic mass is 9.82. The third-order valence-electron chi connectivity index (χ3n) is 4.29. The lowest BCUT2D eigenvalue weighted by molar-refractivity contribution is 0.0930. The molecule has 0 aromatic heterocycles. The van der Waals surface area contributed by atoms with Crippen molar-refractivity contribution in [2.24, 2.45) is 11.3 Å². The Bertz CT molecular complexity index is 346. The molecule has 3 atom stereocenters. The van der Waals surface area contributed by atoms with Crippen molar-refractivity contribution in [3.8, 4) is 0 Å². The van der Waals surface area contributed by atoms with Gasteiger partial charge in [0, 0.05) is 0 Å². The van der Waals surface area contributed by atoms with Crippen molar-refractivity contribution in [3.05, 3.63) is 35.9 Å². The quantitative estimate of drug-likeness (QED) is 0.782. The molecule has 3 rings (SSSR count). The first-order chi connectivity index (χ1) is 7.30. The molecule has 0 saturated heterocycles. The van der Waals surface area contributed by atoms with Crippen LogP contribution >= 0.6 is 0 Å². The van der Waals surface area contributed by atoms with Crippen molar-refractivity contribution in [3.63, 3.8) is 0 Å². The molecule has 2 saturated carbocycles. The maximum absolute atomic E-state index is 9.86. The number of benzene rings is 1. The van der Waals surface area contributed by atoms with Gasteiger partial charge in [-0.2, -0.15) is 0 Å². The van der Waals surface area contributed by atoms with E-state index >= 15 is 0 Å². The largest absolute Gasteiger partial charge is 0.393 e. The number of rotatable bonds is 2. The molecule has 0 bridgehead atoms. The number of hydrogen-bond donors (Lipinski definition) is 1. The number of hydrogen-bond acceptors (Lipinski definition) is 1. The summed E-state index contributed by atoms with van der Waals surface area (Å²) in [5, 5.41) is 9.86. The summed E-state index contributed by atoms with van der Waals surface area (Å²) in [7, 11) is 0. The predicted octanol–water partition coefficient (Wildman–Crippen LogP) is 2.78. The molecule has 1 heteroatoms. The topological polar surface area (TPSA) is 20.2 Å². The summed E-state index contributed by atoms with van der Waals surface area (Å²) in [5.41, 5.74) is 1.91. The van der Waals surface area contributed by atoms with Crippen LogP contribution in [0.25, 0.3) is 0 Å². The first kappa shape index (κ1) is 9.41. The van der Waals surface area contributed by atoms with Gasteiger partial charge in [0.15, 0.2) is 0 Å². The van der Waals surface area contributed by atoms with E-state index in [0.717, 1.165) is 6.42 Å². The Balaban J connectivity index is 1.74. The van der Waals surface area contributed by atoms with Crippen LogP contribution in [0.4, 0.5) is 0 Å². The Morgan fingerprint density at radius 1 is 1.27 bits per heavy atom. The summed E-state index contributed by atoms with van der Waals surface area (Å²) in [6.45, 7) is 0. The Labute approximate surface area is 91.1 Å². The molecule has 1 nitrogen and oxygen atoms in total. The van der Waals surface area contributed by atoms with Gasteiger partial charge in [-0.25, -0.2) is 0 Å². The molecule has 2 aliphatic carbocycles. The zero-order chi connectivity index (χ0) is 10.3. The van der Waals surface area contributed by atoms with Gasteiger partial charge in [-0.3, -0.25) is 0 Å². The highest BCUT2D eigenvalue weighted by Crippen LogP contribution is 2.62. The van der Waals surface area contributed by atoms with Gasteiger partial charge >= 0.3 is 0 Å². The summed E-state index contributed by atoms with van der Waals surface area (Å²) in [4.78, 5) is 0. The highest BCUT2D eigenvalue weighted by atomic mass is 16.3. The van der Waals surface area contributed by atoms with E-state index in [-0.39, 0.29) is 6.10 Å². The molecule has 0 amide bonds. The van der Waals surface area contributed by atoms with Crippen LogP contribution < -0.4 is 0 Å². The molecule has 0 heterocycles. The third-order valence-corrected chi connectivity index (χ3v) is 4.29. The first-order valence-corrected chi connectivity index (χ1v) is 6.02. The molecule has 0 radical (unpaired) electrons. The first-order valence-electron chi connectivity index (χ1n) is 6.02. The second-order valence-corrected chi connectivity index (χ2v) is 5.29. The molecule has 15 heavy (non-hydrogen) atoms. The van der Waals surface area contributed by atoms with Crippen molar-refractivity contribution >= 4 is 0 Å². The SMILES string of the molecule is O[C@H]1CCC[C@]2(Cc3ccccc3)C[C@H]12. The summed E-state index contributed by atoms with van der Waals surface area (Å²) in [6, 6.07) is 10.7. The normalized spacial score (nSPS) is 38.5. The van der Waals surface area contributed by atoms with E-state index in [1.54, 1.807) is 0 Å². The van der Waals surface area contributed by atoms with Crippen molar-refractivity contribution in [1.29, 1.82) is 0 Å². The number of aliphatic hydroxyl groups excluding tert-OH is 1. The third kappa shape index (κ3) is 1.59. The van der Waals surface area contributed by atoms with Crippen LogP contribution in [-0.4, -0.2) is 11.2 Å². The lowest BCUT2D eigenvalue weighted by Gasteiger charge is -2.25. The van der Waals surface area contributed by atoms with Crippen LogP contribution in [0.2, 0.25) is 0 Å². The molecule has 1 N–H and O–H groups in total. The molecule has 0 spiro atoms. The Kier molecular flexibility index (Phi) is 2.10. The molecule has 2 aliphatic rings. The van der Waals surface area contributed by atoms with Crippen LogP contribution in [0, 0.1) is 11.3 Å². The molecular weight excluding hydrogens is 184 g/mol. The minimum Gasteiger partial charge on any atom is -0.393 e. The van der Waals surface area contributed by atoms with Crippen LogP contribution in [0.5, 0.6) is 0 Å². The zero-order valence-electron chi connectivity index (χ0n) is 9.02. The van der Waals surface area contributed by atoms with Gasteiger partial charge in [-0.05, 0) is 42.6 Å². The Hall–Kier alpha value is -0.820. The highest BCUT2D eigenvalue weighted by molar-refractivity contribution is 5.21. The fourth-order valence-electron chi connectivity index (χ4n) is 3.37. The molecule has 0 aliphatic heterocycles. The molecule has 1 aromatic rings. The predicted molar refractivity (Wildman–Crippen MR) is 60.5 cm³/mol. The average molecular weight is 202 g/mol. The van der Waals surface area contributed by atoms with Gasteiger partial charge in [0.2, 0.25) is 0 Å². The van der Waals surface area contributed by atoms with Crippen molar-refractivity contribution in [2.45, 2.75) is 38.2 Å². The van der Waals surface area contributed by atoms with Crippen LogP contribution in [0.1, 0.15) is 31.2 Å². The van der Waals surface area contributed by atoms with E-state index in [1.165, 1.54) is 31.2 Å². The average Bonchev–Trinajstić information content (AvgIpc) is 2.95. The maximum atomic E-state index is 9.86. The number of aliphatic hydroxyl groups is 1. The van der Waals surface area contributed by atoms with Gasteiger partial charge in [0.1, 0.15) is 0 Å². The van der Waals surface area contributed by atoms with Gasteiger partial charge in [-0.1, -0.05) is 36.8 Å². The van der Waals surface area contributed by atoms with Crippen molar-refractivity contribution in [1.82, 2.24) is 0 Å². The van der Waals surface area contributed by atoms with Crippen LogP contribution in [0.15, 0.2) is 30.3 Å². The maximum Gasteiger partial charge on any atom is 0.0574 e. The highest BCUT2D eigenvalue weighted by Gasteiger charge is 2.58. The van der Waals surface area contributed by atoms with E-state index in [1.807, 2.05) is 0 Å². The fraction of sp³-hybridized carbons (Fsp3) is 0.571. The molecule has 0 unspecified atom stereocenters. The summed E-state index contributed by atoms with van der Waals surface area (Å²) < 4.78 is 0. The zero-order valence-corrected chi connectivity index (χ0v) is 9.02. The second-order valence-electron chi connectivity index (χ2n) is 5.29. The molecule has 2 fully saturated rings. The van der Waals surface area contributed by atoms with E-state index in [4.69, 9.17) is 0 Å². The van der Waals surface area contributed by atoms with E-state index < -0.39 is 0 Å². The van der Waals surface area contributed by atoms with Gasteiger partial charge in [0.25, 0.3) is 0 Å². The minimum absolute atomic E-state index is 0.0116. The minimum atomic E-state index is -0.0116. The van der Waals surface area contributed by atoms with Crippen molar-refractivity contribution in [2.75, 3.05) is 0 Å². The molecular formula is C14H18O. The van der Waals surface area contributed by atoms with Gasteiger partial charge in [-0.15, -0.1) is 0 Å². The molecule has 1 aromatic carbocycles. The van der Waals surface area contributed by atoms with E-state index in [2.05, 4.69) is 30.3 Å². The summed E-state index contributed by atoms with van der Waals surface area (Å²) in [6.07, 6.45) is 5.98. The Morgan fingerprint density at radius 2 is 2.07 bits per heavy atom. The Morgan fingerprint density at radius 3 is 2.87 bits per heavy atom. The molecule has 80 valence electrons. The van der Waals surface area contributed by atoms with E-state index in [0.29, 0.717) is 11.3 Å². The van der Waals surface area contributed by atoms with Crippen LogP contribution in [-0.2, 0) is 6.42 Å². The van der Waals surface area contributed by atoms with Crippen LogP contribution in [0.3, 0.4) is 0 Å². The van der Waals surface area contributed by atoms with Gasteiger partial charge in [0.05, 0.1) is 6.10 Å². The second kappa shape index (κ2) is 3.34. The fourth-order valence-corrected chi connectivity index (χ4v) is 3.37. The van der Waals surface area contributed by atoms with E-state index in [9.17, 15) is 5.11 Å². The number of fused-ring (bicyclic) bond motifs is 1. The monoisotopic (exact) mass is 202 g/mol. The summed E-state index contributed by atoms with van der Waals surface area (Å²) >= 11 is 0. The standard InChI is InChI=1S/C14H18O/c15-13-7-4-8-14(10-12(13)14)9-11-5-2-1-3-6-11/h1-3,5-6,12-13,15H,4,7-10H2/t12-,13+,14+/m1/s1. The smallest absolute Gasteiger partial charge is 0.0574 e. The van der Waals surface area contributed by atoms with Crippen molar-refractivity contribution < 1.29 is 5.11 Å². The van der Waals surface area contributed by atoms with Gasteiger partial charge < -0.3 is 5.11 Å². The summed E-state index contributed by atoms with van der Waals surface area (Å²) in [5.74, 6) is 0.603.